The van der Waals surface area contributed by atoms with Crippen LogP contribution in [0.2, 0.25) is 0 Å². The Morgan fingerprint density at radius 1 is 1.03 bits per heavy atom. The van der Waals surface area contributed by atoms with Crippen molar-refractivity contribution in [2.24, 2.45) is 5.92 Å². The number of rotatable bonds is 8. The number of piperidine rings is 1. The molecule has 0 aromatic heterocycles. The van der Waals surface area contributed by atoms with Crippen LogP contribution in [0.1, 0.15) is 30.1 Å². The summed E-state index contributed by atoms with van der Waals surface area (Å²) in [5.41, 5.74) is 0.710. The zero-order chi connectivity index (χ0) is 24.7. The van der Waals surface area contributed by atoms with Gasteiger partial charge in [0.1, 0.15) is 0 Å². The number of likely N-dealkylation sites (tertiary alicyclic amines) is 1. The first-order valence-electron chi connectivity index (χ1n) is 11.1. The van der Waals surface area contributed by atoms with E-state index in [9.17, 15) is 22.8 Å². The molecule has 0 radical (unpaired) electrons. The lowest BCUT2D eigenvalue weighted by molar-refractivity contribution is -0.151. The summed E-state index contributed by atoms with van der Waals surface area (Å²) in [7, 11) is -2.27. The molecule has 9 nitrogen and oxygen atoms in total. The first kappa shape index (κ1) is 25.2. The molecule has 0 atom stereocenters. The van der Waals surface area contributed by atoms with Crippen molar-refractivity contribution in [3.8, 4) is 0 Å². The van der Waals surface area contributed by atoms with E-state index in [-0.39, 0.29) is 34.8 Å². The molecule has 1 saturated heterocycles. The number of carbonyl (C=O) groups excluding carboxylic acids is 3. The van der Waals surface area contributed by atoms with Gasteiger partial charge in [0.25, 0.3) is 15.9 Å². The molecule has 10 heteroatoms. The number of likely N-dealkylation sites (N-methyl/N-ethyl adjacent to an activating group) is 1. The highest BCUT2D eigenvalue weighted by molar-refractivity contribution is 7.92. The van der Waals surface area contributed by atoms with Gasteiger partial charge in [-0.05, 0) is 56.2 Å². The van der Waals surface area contributed by atoms with E-state index in [1.165, 1.54) is 36.2 Å². The van der Waals surface area contributed by atoms with E-state index >= 15 is 0 Å². The van der Waals surface area contributed by atoms with Crippen molar-refractivity contribution in [2.45, 2.75) is 24.7 Å². The predicted molar refractivity (Wildman–Crippen MR) is 127 cm³/mol. The second-order valence-corrected chi connectivity index (χ2v) is 9.75. The Hall–Kier alpha value is -3.40. The number of hydrogen-bond acceptors (Lipinski definition) is 6. The number of esters is 1. The molecule has 1 heterocycles. The fourth-order valence-corrected chi connectivity index (χ4v) is 4.78. The molecule has 182 valence electrons. The third kappa shape index (κ3) is 6.34. The fraction of sp³-hybridized carbons (Fsp3) is 0.375. The average Bonchev–Trinajstić information content (AvgIpc) is 2.84. The zero-order valence-electron chi connectivity index (χ0n) is 19.3. The number of ether oxygens (including phenoxy) is 1. The lowest BCUT2D eigenvalue weighted by Gasteiger charge is -2.32. The molecule has 0 aliphatic carbocycles. The van der Waals surface area contributed by atoms with Crippen LogP contribution in [-0.4, -0.2) is 69.3 Å². The number of hydrogen-bond donors (Lipinski definition) is 1. The summed E-state index contributed by atoms with van der Waals surface area (Å²) < 4.78 is 32.6. The predicted octanol–water partition coefficient (Wildman–Crippen LogP) is 2.36. The largest absolute Gasteiger partial charge is 0.466 e. The Balaban J connectivity index is 1.55. The summed E-state index contributed by atoms with van der Waals surface area (Å²) in [6, 6.07) is 14.1. The number of amides is 2. The van der Waals surface area contributed by atoms with E-state index in [0.717, 1.165) is 0 Å². The lowest BCUT2D eigenvalue weighted by atomic mass is 9.97. The van der Waals surface area contributed by atoms with Gasteiger partial charge in [0.05, 0.1) is 24.0 Å². The Kier molecular flexibility index (Phi) is 8.27. The van der Waals surface area contributed by atoms with Crippen LogP contribution < -0.4 is 4.72 Å². The first-order valence-corrected chi connectivity index (χ1v) is 12.6. The number of benzene rings is 2. The van der Waals surface area contributed by atoms with Gasteiger partial charge >= 0.3 is 5.97 Å². The molecule has 0 bridgehead atoms. The highest BCUT2D eigenvalue weighted by atomic mass is 32.2. The molecular weight excluding hydrogens is 458 g/mol. The maximum Gasteiger partial charge on any atom is 0.309 e. The number of para-hydroxylation sites is 1. The van der Waals surface area contributed by atoms with Gasteiger partial charge in [0, 0.05) is 31.4 Å². The summed E-state index contributed by atoms with van der Waals surface area (Å²) in [5, 5.41) is 0. The molecule has 0 spiro atoms. The Labute approximate surface area is 199 Å². The maximum absolute atomic E-state index is 12.8. The minimum atomic E-state index is -3.79. The molecule has 0 unspecified atom stereocenters. The average molecular weight is 488 g/mol. The molecule has 0 saturated carbocycles. The van der Waals surface area contributed by atoms with Crippen molar-refractivity contribution < 1.29 is 27.5 Å². The topological polar surface area (TPSA) is 113 Å². The summed E-state index contributed by atoms with van der Waals surface area (Å²) in [5.74, 6) is -1.03. The van der Waals surface area contributed by atoms with E-state index in [4.69, 9.17) is 4.74 Å². The Morgan fingerprint density at radius 3 is 2.24 bits per heavy atom. The van der Waals surface area contributed by atoms with Crippen molar-refractivity contribution >= 4 is 33.5 Å². The van der Waals surface area contributed by atoms with Crippen molar-refractivity contribution in [2.75, 3.05) is 38.0 Å². The Bertz CT molecular complexity index is 1110. The number of anilines is 1. The summed E-state index contributed by atoms with van der Waals surface area (Å²) in [6.07, 6.45) is 1.07. The van der Waals surface area contributed by atoms with Crippen LogP contribution in [0.3, 0.4) is 0 Å². The van der Waals surface area contributed by atoms with Gasteiger partial charge in [-0.25, -0.2) is 8.42 Å². The monoisotopic (exact) mass is 487 g/mol. The SMILES string of the molecule is CCOC(=O)C1CCN(C(=O)CN(C)C(=O)c2ccc(S(=O)(=O)Nc3ccccc3)cc2)CC1. The standard InChI is InChI=1S/C24H29N3O6S/c1-3-33-24(30)19-13-15-27(16-14-19)22(28)17-26(2)23(29)18-9-11-21(12-10-18)34(31,32)25-20-7-5-4-6-8-20/h4-12,19,25H,3,13-17H2,1-2H3. The molecule has 1 aliphatic rings. The van der Waals surface area contributed by atoms with Crippen molar-refractivity contribution in [3.05, 3.63) is 60.2 Å². The van der Waals surface area contributed by atoms with E-state index in [1.807, 2.05) is 0 Å². The maximum atomic E-state index is 12.8. The number of nitrogens with one attached hydrogen (secondary N) is 1. The van der Waals surface area contributed by atoms with Gasteiger partial charge in [0.15, 0.2) is 0 Å². The van der Waals surface area contributed by atoms with Crippen LogP contribution in [-0.2, 0) is 24.3 Å². The van der Waals surface area contributed by atoms with Crippen molar-refractivity contribution in [3.63, 3.8) is 0 Å². The van der Waals surface area contributed by atoms with E-state index < -0.39 is 15.9 Å². The molecule has 2 aromatic rings. The van der Waals surface area contributed by atoms with Gasteiger partial charge in [-0.2, -0.15) is 0 Å². The van der Waals surface area contributed by atoms with Gasteiger partial charge in [-0.1, -0.05) is 18.2 Å². The van der Waals surface area contributed by atoms with Crippen LogP contribution in [0.15, 0.2) is 59.5 Å². The minimum absolute atomic E-state index is 0.0242. The van der Waals surface area contributed by atoms with Gasteiger partial charge in [0.2, 0.25) is 5.91 Å². The highest BCUT2D eigenvalue weighted by Crippen LogP contribution is 2.20. The van der Waals surface area contributed by atoms with Crippen molar-refractivity contribution in [1.29, 1.82) is 0 Å². The van der Waals surface area contributed by atoms with Gasteiger partial charge in [-0.15, -0.1) is 0 Å². The quantitative estimate of drug-likeness (QED) is 0.572. The molecule has 2 aromatic carbocycles. The van der Waals surface area contributed by atoms with Crippen LogP contribution >= 0.6 is 0 Å². The first-order chi connectivity index (χ1) is 16.2. The molecule has 1 N–H and O–H groups in total. The van der Waals surface area contributed by atoms with Gasteiger partial charge < -0.3 is 14.5 Å². The molecular formula is C24H29N3O6S. The van der Waals surface area contributed by atoms with Crippen LogP contribution in [0.5, 0.6) is 0 Å². The van der Waals surface area contributed by atoms with Gasteiger partial charge in [-0.3, -0.25) is 19.1 Å². The summed E-state index contributed by atoms with van der Waals surface area (Å²) in [4.78, 5) is 40.2. The second kappa shape index (κ2) is 11.1. The number of carbonyl (C=O) groups is 3. The number of sulfonamides is 1. The Morgan fingerprint density at radius 2 is 1.65 bits per heavy atom. The third-order valence-corrected chi connectivity index (χ3v) is 7.02. The summed E-state index contributed by atoms with van der Waals surface area (Å²) >= 11 is 0. The second-order valence-electron chi connectivity index (χ2n) is 8.06. The van der Waals surface area contributed by atoms with Crippen LogP contribution in [0, 0.1) is 5.92 Å². The summed E-state index contributed by atoms with van der Waals surface area (Å²) in [6.45, 7) is 2.86. The fourth-order valence-electron chi connectivity index (χ4n) is 3.72. The van der Waals surface area contributed by atoms with E-state index in [1.54, 1.807) is 42.2 Å². The number of nitrogens with zero attached hydrogens (tertiary/aromatic N) is 2. The van der Waals surface area contributed by atoms with E-state index in [0.29, 0.717) is 38.2 Å². The molecule has 3 rings (SSSR count). The zero-order valence-corrected chi connectivity index (χ0v) is 20.1. The molecule has 2 amide bonds. The van der Waals surface area contributed by atoms with Crippen LogP contribution in [0.25, 0.3) is 0 Å². The molecule has 1 fully saturated rings. The lowest BCUT2D eigenvalue weighted by Crippen LogP contribution is -2.45. The molecule has 1 aliphatic heterocycles. The van der Waals surface area contributed by atoms with E-state index in [2.05, 4.69) is 4.72 Å². The van der Waals surface area contributed by atoms with Crippen molar-refractivity contribution in [1.82, 2.24) is 9.80 Å². The smallest absolute Gasteiger partial charge is 0.309 e. The third-order valence-electron chi connectivity index (χ3n) is 5.62. The normalized spacial score (nSPS) is 14.4. The molecule has 34 heavy (non-hydrogen) atoms. The minimum Gasteiger partial charge on any atom is -0.466 e. The van der Waals surface area contributed by atoms with Crippen LogP contribution in [0.4, 0.5) is 5.69 Å². The highest BCUT2D eigenvalue weighted by Gasteiger charge is 2.29.